The largest absolute Gasteiger partial charge is 0.383 e. The van der Waals surface area contributed by atoms with Gasteiger partial charge >= 0.3 is 5.69 Å². The third-order valence-corrected chi connectivity index (χ3v) is 5.64. The Labute approximate surface area is 141 Å². The molecule has 128 valence electrons. The maximum absolute atomic E-state index is 11.9. The smallest absolute Gasteiger partial charge is 0.350 e. The van der Waals surface area contributed by atoms with Gasteiger partial charge in [0.05, 0.1) is 6.04 Å². The maximum Gasteiger partial charge on any atom is 0.350 e. The Kier molecular flexibility index (Phi) is 4.02. The lowest BCUT2D eigenvalue weighted by molar-refractivity contribution is 0.294. The van der Waals surface area contributed by atoms with Crippen LogP contribution in [0.3, 0.4) is 0 Å². The first-order valence-corrected chi connectivity index (χ1v) is 8.81. The molecule has 2 aliphatic carbocycles. The van der Waals surface area contributed by atoms with Crippen LogP contribution in [0, 0.1) is 11.8 Å². The summed E-state index contributed by atoms with van der Waals surface area (Å²) in [7, 11) is 0. The minimum absolute atomic E-state index is 0.0431. The molecule has 3 unspecified atom stereocenters. The number of anilines is 1. The quantitative estimate of drug-likeness (QED) is 0.839. The van der Waals surface area contributed by atoms with E-state index in [0.717, 1.165) is 31.2 Å². The van der Waals surface area contributed by atoms with Crippen molar-refractivity contribution in [1.82, 2.24) is 14.5 Å². The molecule has 6 heteroatoms. The first-order chi connectivity index (χ1) is 11.6. The summed E-state index contributed by atoms with van der Waals surface area (Å²) in [5.41, 5.74) is 12.6. The summed E-state index contributed by atoms with van der Waals surface area (Å²) >= 11 is 0. The molecule has 0 spiro atoms. The van der Waals surface area contributed by atoms with Gasteiger partial charge in [0.1, 0.15) is 5.82 Å². The molecule has 1 aliphatic heterocycles. The number of piperidine rings is 1. The summed E-state index contributed by atoms with van der Waals surface area (Å²) in [4.78, 5) is 18.2. The van der Waals surface area contributed by atoms with Gasteiger partial charge in [-0.1, -0.05) is 23.8 Å². The van der Waals surface area contributed by atoms with Gasteiger partial charge in [0, 0.05) is 25.3 Å². The molecule has 4 rings (SSSR count). The third kappa shape index (κ3) is 3.03. The Morgan fingerprint density at radius 3 is 2.75 bits per heavy atom. The molecule has 1 saturated heterocycles. The molecule has 1 saturated carbocycles. The van der Waals surface area contributed by atoms with Gasteiger partial charge in [-0.2, -0.15) is 4.98 Å². The Hall–Kier alpha value is -1.92. The first-order valence-electron chi connectivity index (χ1n) is 8.81. The number of hydrogen-bond donors (Lipinski definition) is 2. The van der Waals surface area contributed by atoms with Gasteiger partial charge in [-0.15, -0.1) is 0 Å². The second-order valence-corrected chi connectivity index (χ2v) is 7.25. The fourth-order valence-corrected chi connectivity index (χ4v) is 4.07. The van der Waals surface area contributed by atoms with Crippen molar-refractivity contribution >= 4 is 5.82 Å². The van der Waals surface area contributed by atoms with Gasteiger partial charge in [-0.25, -0.2) is 4.79 Å². The number of allylic oxidation sites excluding steroid dienone is 4. The standard InChI is InChI=1S/C18H25N5O/c19-16-7-9-23(18(24)21-16)13-5-3-12(4-6-13)2-1-8-22-10-14-15(11-22)17(14)20/h3-5,7,9,13-15,17H,1-2,6,8,10-11,20H2,(H2,19,21,24)/t13?,14-,15?,17?/m1/s1. The monoisotopic (exact) mass is 327 g/mol. The van der Waals surface area contributed by atoms with Crippen LogP contribution in [-0.2, 0) is 0 Å². The molecule has 24 heavy (non-hydrogen) atoms. The zero-order chi connectivity index (χ0) is 16.7. The SMILES string of the molecule is Nc1ccn(C2C=CC(CCCN3CC4C(N)[C@@H]4C3)=CC2)c(=O)n1. The fraction of sp³-hybridized carbons (Fsp3) is 0.556. The summed E-state index contributed by atoms with van der Waals surface area (Å²) in [6.45, 7) is 3.54. The van der Waals surface area contributed by atoms with Crippen molar-refractivity contribution in [2.75, 3.05) is 25.4 Å². The molecule has 0 bridgehead atoms. The van der Waals surface area contributed by atoms with E-state index in [9.17, 15) is 4.79 Å². The van der Waals surface area contributed by atoms with E-state index in [4.69, 9.17) is 11.5 Å². The Bertz CT molecular complexity index is 725. The Balaban J connectivity index is 1.25. The molecule has 4 atom stereocenters. The molecule has 0 aromatic carbocycles. The van der Waals surface area contributed by atoms with E-state index in [-0.39, 0.29) is 17.5 Å². The van der Waals surface area contributed by atoms with Crippen molar-refractivity contribution in [3.05, 3.63) is 46.5 Å². The fourth-order valence-electron chi connectivity index (χ4n) is 4.07. The first kappa shape index (κ1) is 15.6. The maximum atomic E-state index is 11.9. The normalized spacial score (nSPS) is 31.8. The van der Waals surface area contributed by atoms with Gasteiger partial charge in [-0.05, 0) is 43.7 Å². The van der Waals surface area contributed by atoms with Crippen LogP contribution < -0.4 is 17.2 Å². The highest BCUT2D eigenvalue weighted by molar-refractivity contribution is 5.27. The van der Waals surface area contributed by atoms with Crippen molar-refractivity contribution in [3.8, 4) is 0 Å². The van der Waals surface area contributed by atoms with Gasteiger partial charge in [0.25, 0.3) is 0 Å². The van der Waals surface area contributed by atoms with E-state index in [1.165, 1.54) is 25.1 Å². The topological polar surface area (TPSA) is 90.2 Å². The number of hydrogen-bond acceptors (Lipinski definition) is 5. The van der Waals surface area contributed by atoms with Gasteiger partial charge < -0.3 is 16.4 Å². The van der Waals surface area contributed by atoms with Crippen LogP contribution in [0.5, 0.6) is 0 Å². The lowest BCUT2D eigenvalue weighted by atomic mass is 9.99. The van der Waals surface area contributed by atoms with Crippen molar-refractivity contribution in [1.29, 1.82) is 0 Å². The molecule has 3 aliphatic rings. The van der Waals surface area contributed by atoms with Crippen LogP contribution in [-0.4, -0.2) is 40.1 Å². The average molecular weight is 327 g/mol. The van der Waals surface area contributed by atoms with Gasteiger partial charge in [0.15, 0.2) is 0 Å². The molecule has 2 fully saturated rings. The predicted octanol–water partition coefficient (Wildman–Crippen LogP) is 0.922. The summed E-state index contributed by atoms with van der Waals surface area (Å²) < 4.78 is 1.64. The summed E-state index contributed by atoms with van der Waals surface area (Å²) in [5.74, 6) is 1.81. The molecule has 6 nitrogen and oxygen atoms in total. The third-order valence-electron chi connectivity index (χ3n) is 5.64. The summed E-state index contributed by atoms with van der Waals surface area (Å²) in [6, 6.07) is 2.19. The second kappa shape index (κ2) is 6.18. The molecule has 4 N–H and O–H groups in total. The molecule has 1 aromatic rings. The number of nitrogen functional groups attached to an aromatic ring is 1. The molecule has 2 heterocycles. The van der Waals surface area contributed by atoms with Crippen LogP contribution in [0.25, 0.3) is 0 Å². The molecule has 1 aromatic heterocycles. The van der Waals surface area contributed by atoms with E-state index in [1.54, 1.807) is 16.8 Å². The highest BCUT2D eigenvalue weighted by Crippen LogP contribution is 2.43. The lowest BCUT2D eigenvalue weighted by Crippen LogP contribution is -2.29. The summed E-state index contributed by atoms with van der Waals surface area (Å²) in [5, 5.41) is 0. The Morgan fingerprint density at radius 1 is 1.29 bits per heavy atom. The van der Waals surface area contributed by atoms with Crippen LogP contribution in [0.4, 0.5) is 5.82 Å². The zero-order valence-corrected chi connectivity index (χ0v) is 13.8. The number of nitrogens with two attached hydrogens (primary N) is 2. The van der Waals surface area contributed by atoms with Crippen molar-refractivity contribution in [3.63, 3.8) is 0 Å². The number of likely N-dealkylation sites (tertiary alicyclic amines) is 1. The van der Waals surface area contributed by atoms with E-state index >= 15 is 0 Å². The van der Waals surface area contributed by atoms with Crippen LogP contribution in [0.15, 0.2) is 40.9 Å². The number of fused-ring (bicyclic) bond motifs is 1. The van der Waals surface area contributed by atoms with Gasteiger partial charge in [-0.3, -0.25) is 4.57 Å². The van der Waals surface area contributed by atoms with E-state index in [2.05, 4.69) is 28.1 Å². The molecular formula is C18H25N5O. The molecule has 0 radical (unpaired) electrons. The molecular weight excluding hydrogens is 302 g/mol. The predicted molar refractivity (Wildman–Crippen MR) is 94.4 cm³/mol. The molecule has 0 amide bonds. The van der Waals surface area contributed by atoms with E-state index in [0.29, 0.717) is 6.04 Å². The van der Waals surface area contributed by atoms with Crippen molar-refractivity contribution < 1.29 is 0 Å². The van der Waals surface area contributed by atoms with Gasteiger partial charge in [0.2, 0.25) is 0 Å². The Morgan fingerprint density at radius 2 is 2.08 bits per heavy atom. The highest BCUT2D eigenvalue weighted by Gasteiger charge is 2.53. The summed E-state index contributed by atoms with van der Waals surface area (Å²) in [6.07, 6.45) is 11.3. The minimum atomic E-state index is -0.285. The van der Waals surface area contributed by atoms with Crippen molar-refractivity contribution in [2.45, 2.75) is 31.3 Å². The van der Waals surface area contributed by atoms with Crippen molar-refractivity contribution in [2.24, 2.45) is 17.6 Å². The van der Waals surface area contributed by atoms with Crippen LogP contribution in [0.2, 0.25) is 0 Å². The van der Waals surface area contributed by atoms with Crippen LogP contribution in [0.1, 0.15) is 25.3 Å². The van der Waals surface area contributed by atoms with Crippen LogP contribution >= 0.6 is 0 Å². The van der Waals surface area contributed by atoms with E-state index in [1.807, 2.05) is 0 Å². The number of nitrogens with zero attached hydrogens (tertiary/aromatic N) is 3. The zero-order valence-electron chi connectivity index (χ0n) is 13.8. The number of aromatic nitrogens is 2. The number of rotatable bonds is 5. The average Bonchev–Trinajstić information content (AvgIpc) is 2.97. The second-order valence-electron chi connectivity index (χ2n) is 7.25. The lowest BCUT2D eigenvalue weighted by Gasteiger charge is -2.20. The van der Waals surface area contributed by atoms with E-state index < -0.39 is 0 Å². The highest BCUT2D eigenvalue weighted by atomic mass is 16.1. The minimum Gasteiger partial charge on any atom is -0.383 e.